The molecule has 0 aliphatic heterocycles. The fourth-order valence-corrected chi connectivity index (χ4v) is 1.25. The third-order valence-electron chi connectivity index (χ3n) is 1.71. The Morgan fingerprint density at radius 2 is 2.07 bits per heavy atom. The highest BCUT2D eigenvalue weighted by Crippen LogP contribution is 2.18. The summed E-state index contributed by atoms with van der Waals surface area (Å²) in [6, 6.07) is 1.84. The smallest absolute Gasteiger partial charge is 0.217 e. The monoisotopic (exact) mass is 306 g/mol. The molecule has 0 radical (unpaired) electrons. The number of hydrogen-bond donors (Lipinski definition) is 0. The molecule has 3 nitrogen and oxygen atoms in total. The van der Waals surface area contributed by atoms with Crippen LogP contribution >= 0.6 is 22.6 Å². The molecule has 1 rings (SSSR count). The van der Waals surface area contributed by atoms with Gasteiger partial charge in [0.2, 0.25) is 5.88 Å². The van der Waals surface area contributed by atoms with Gasteiger partial charge in [-0.25, -0.2) is 9.97 Å². The van der Waals surface area contributed by atoms with E-state index < -0.39 is 0 Å². The Kier molecular flexibility index (Phi) is 4.10. The van der Waals surface area contributed by atoms with E-state index in [1.54, 1.807) is 0 Å². The van der Waals surface area contributed by atoms with E-state index in [0.29, 0.717) is 17.9 Å². The van der Waals surface area contributed by atoms with Gasteiger partial charge in [0.1, 0.15) is 10.0 Å². The number of halogens is 1. The quantitative estimate of drug-likeness (QED) is 0.636. The predicted molar refractivity (Wildman–Crippen MR) is 64.3 cm³/mol. The first-order chi connectivity index (χ1) is 6.47. The lowest BCUT2D eigenvalue weighted by Crippen LogP contribution is -2.11. The molecule has 0 fully saturated rings. The Bertz CT molecular complexity index is 296. The standard InChI is InChI=1S/C10H15IN2O/c1-10(2,3)4-5-14-9-6-8(11)12-7-13-9/h6-7H,4-5H2,1-3H3. The minimum absolute atomic E-state index is 0.306. The Morgan fingerprint density at radius 1 is 1.36 bits per heavy atom. The molecule has 0 aliphatic carbocycles. The molecule has 0 bridgehead atoms. The van der Waals surface area contributed by atoms with Crippen molar-refractivity contribution >= 4 is 22.6 Å². The van der Waals surface area contributed by atoms with Crippen LogP contribution in [-0.4, -0.2) is 16.6 Å². The summed E-state index contributed by atoms with van der Waals surface area (Å²) in [7, 11) is 0. The maximum absolute atomic E-state index is 5.51. The molecule has 14 heavy (non-hydrogen) atoms. The first kappa shape index (κ1) is 11.7. The number of ether oxygens (including phenoxy) is 1. The van der Waals surface area contributed by atoms with Gasteiger partial charge in [-0.3, -0.25) is 0 Å². The average Bonchev–Trinajstić information content (AvgIpc) is 2.01. The maximum atomic E-state index is 5.51. The van der Waals surface area contributed by atoms with Gasteiger partial charge in [-0.2, -0.15) is 0 Å². The van der Waals surface area contributed by atoms with E-state index in [0.717, 1.165) is 10.1 Å². The number of hydrogen-bond acceptors (Lipinski definition) is 3. The molecule has 4 heteroatoms. The van der Waals surface area contributed by atoms with Crippen LogP contribution in [0.3, 0.4) is 0 Å². The first-order valence-corrected chi connectivity index (χ1v) is 5.66. The molecule has 1 heterocycles. The van der Waals surface area contributed by atoms with E-state index in [-0.39, 0.29) is 0 Å². The van der Waals surface area contributed by atoms with E-state index in [1.807, 2.05) is 6.07 Å². The first-order valence-electron chi connectivity index (χ1n) is 4.58. The molecule has 0 aromatic carbocycles. The molecule has 0 saturated heterocycles. The van der Waals surface area contributed by atoms with Gasteiger partial charge < -0.3 is 4.74 Å². The second kappa shape index (κ2) is 4.91. The zero-order valence-corrected chi connectivity index (χ0v) is 10.9. The zero-order valence-electron chi connectivity index (χ0n) is 8.75. The fraction of sp³-hybridized carbons (Fsp3) is 0.600. The summed E-state index contributed by atoms with van der Waals surface area (Å²) in [5.41, 5.74) is 0.306. The van der Waals surface area contributed by atoms with Gasteiger partial charge in [-0.05, 0) is 34.4 Å². The van der Waals surface area contributed by atoms with Crippen LogP contribution in [0.2, 0.25) is 0 Å². The van der Waals surface area contributed by atoms with Gasteiger partial charge in [0.15, 0.2) is 0 Å². The van der Waals surface area contributed by atoms with Crippen molar-refractivity contribution in [3.05, 3.63) is 16.1 Å². The highest BCUT2D eigenvalue weighted by Gasteiger charge is 2.10. The Morgan fingerprint density at radius 3 is 2.64 bits per heavy atom. The lowest BCUT2D eigenvalue weighted by atomic mass is 9.93. The molecule has 1 aromatic heterocycles. The van der Waals surface area contributed by atoms with Gasteiger partial charge >= 0.3 is 0 Å². The van der Waals surface area contributed by atoms with Gasteiger partial charge in [0.05, 0.1) is 6.61 Å². The van der Waals surface area contributed by atoms with Gasteiger partial charge in [-0.1, -0.05) is 20.8 Å². The van der Waals surface area contributed by atoms with E-state index in [9.17, 15) is 0 Å². The lowest BCUT2D eigenvalue weighted by Gasteiger charge is -2.17. The molecule has 78 valence electrons. The second-order valence-corrected chi connectivity index (χ2v) is 5.44. The van der Waals surface area contributed by atoms with E-state index in [1.165, 1.54) is 6.33 Å². The summed E-state index contributed by atoms with van der Waals surface area (Å²) in [4.78, 5) is 8.01. The summed E-state index contributed by atoms with van der Waals surface area (Å²) < 4.78 is 6.41. The molecule has 0 unspecified atom stereocenters. The van der Waals surface area contributed by atoms with Crippen LogP contribution in [0.25, 0.3) is 0 Å². The third kappa shape index (κ3) is 4.74. The minimum Gasteiger partial charge on any atom is -0.478 e. The summed E-state index contributed by atoms with van der Waals surface area (Å²) in [6.45, 7) is 7.29. The molecule has 0 atom stereocenters. The van der Waals surface area contributed by atoms with Crippen molar-refractivity contribution in [3.63, 3.8) is 0 Å². The summed E-state index contributed by atoms with van der Waals surface area (Å²) >= 11 is 2.14. The van der Waals surface area contributed by atoms with Crippen LogP contribution in [0.5, 0.6) is 5.88 Å². The van der Waals surface area contributed by atoms with Crippen molar-refractivity contribution in [3.8, 4) is 5.88 Å². The summed E-state index contributed by atoms with van der Waals surface area (Å²) in [6.07, 6.45) is 2.54. The highest BCUT2D eigenvalue weighted by molar-refractivity contribution is 14.1. The molecule has 0 spiro atoms. The van der Waals surface area contributed by atoms with Crippen LogP contribution in [-0.2, 0) is 0 Å². The Balaban J connectivity index is 2.39. The number of nitrogens with zero attached hydrogens (tertiary/aromatic N) is 2. The van der Waals surface area contributed by atoms with Crippen molar-refractivity contribution in [2.75, 3.05) is 6.61 Å². The lowest BCUT2D eigenvalue weighted by molar-refractivity contribution is 0.236. The van der Waals surface area contributed by atoms with Gasteiger partial charge in [0, 0.05) is 6.07 Å². The Labute approximate surface area is 98.4 Å². The summed E-state index contributed by atoms with van der Waals surface area (Å²) in [5, 5.41) is 0. The van der Waals surface area contributed by atoms with Crippen LogP contribution < -0.4 is 4.74 Å². The molecular formula is C10H15IN2O. The number of aromatic nitrogens is 2. The molecule has 0 saturated carbocycles. The van der Waals surface area contributed by atoms with Crippen LogP contribution in [0.15, 0.2) is 12.4 Å². The van der Waals surface area contributed by atoms with Gasteiger partial charge in [-0.15, -0.1) is 0 Å². The van der Waals surface area contributed by atoms with Crippen molar-refractivity contribution < 1.29 is 4.74 Å². The summed E-state index contributed by atoms with van der Waals surface area (Å²) in [5.74, 6) is 0.661. The Hall–Kier alpha value is -0.390. The molecule has 0 amide bonds. The maximum Gasteiger partial charge on any atom is 0.217 e. The zero-order chi connectivity index (χ0) is 10.6. The van der Waals surface area contributed by atoms with Crippen molar-refractivity contribution in [1.82, 2.24) is 9.97 Å². The number of rotatable bonds is 3. The minimum atomic E-state index is 0.306. The van der Waals surface area contributed by atoms with Crippen molar-refractivity contribution in [1.29, 1.82) is 0 Å². The predicted octanol–water partition coefficient (Wildman–Crippen LogP) is 2.90. The van der Waals surface area contributed by atoms with E-state index in [2.05, 4.69) is 53.3 Å². The second-order valence-electron chi connectivity index (χ2n) is 4.34. The topological polar surface area (TPSA) is 35.0 Å². The average molecular weight is 306 g/mol. The third-order valence-corrected chi connectivity index (χ3v) is 2.30. The highest BCUT2D eigenvalue weighted by atomic mass is 127. The van der Waals surface area contributed by atoms with E-state index in [4.69, 9.17) is 4.74 Å². The van der Waals surface area contributed by atoms with Crippen LogP contribution in [0, 0.1) is 9.12 Å². The SMILES string of the molecule is CC(C)(C)CCOc1cc(I)ncn1. The largest absolute Gasteiger partial charge is 0.478 e. The van der Waals surface area contributed by atoms with Crippen LogP contribution in [0.4, 0.5) is 0 Å². The van der Waals surface area contributed by atoms with Crippen molar-refractivity contribution in [2.24, 2.45) is 5.41 Å². The normalized spacial score (nSPS) is 11.4. The molecule has 1 aromatic rings. The fourth-order valence-electron chi connectivity index (χ4n) is 0.858. The van der Waals surface area contributed by atoms with Crippen molar-refractivity contribution in [2.45, 2.75) is 27.2 Å². The molecule has 0 N–H and O–H groups in total. The molecule has 0 aliphatic rings. The van der Waals surface area contributed by atoms with Crippen LogP contribution in [0.1, 0.15) is 27.2 Å². The van der Waals surface area contributed by atoms with Gasteiger partial charge in [0.25, 0.3) is 0 Å². The van der Waals surface area contributed by atoms with E-state index >= 15 is 0 Å². The molecular weight excluding hydrogens is 291 g/mol.